The van der Waals surface area contributed by atoms with Crippen molar-refractivity contribution in [2.24, 2.45) is 5.92 Å². The molecular formula is C29H33FO4. The van der Waals surface area contributed by atoms with Gasteiger partial charge in [0.05, 0.1) is 7.11 Å². The van der Waals surface area contributed by atoms with Gasteiger partial charge in [-0.1, -0.05) is 57.0 Å². The molecule has 0 bridgehead atoms. The number of aliphatic carboxylic acids is 1. The van der Waals surface area contributed by atoms with E-state index in [1.807, 2.05) is 36.4 Å². The van der Waals surface area contributed by atoms with Gasteiger partial charge >= 0.3 is 5.97 Å². The molecule has 0 aromatic heterocycles. The summed E-state index contributed by atoms with van der Waals surface area (Å²) in [6.07, 6.45) is 3.60. The Morgan fingerprint density at radius 2 is 1.82 bits per heavy atom. The lowest BCUT2D eigenvalue weighted by molar-refractivity contribution is -0.136. The third-order valence-electron chi connectivity index (χ3n) is 5.91. The fourth-order valence-corrected chi connectivity index (χ4v) is 4.19. The SMILES string of the molecule is CCCC(C)Cc1cc(COc2cccc(CCC(=O)O)c2)ccc1-c1cc(OC)ccc1F. The third kappa shape index (κ3) is 7.08. The smallest absolute Gasteiger partial charge is 0.303 e. The van der Waals surface area contributed by atoms with Gasteiger partial charge in [0, 0.05) is 12.0 Å². The summed E-state index contributed by atoms with van der Waals surface area (Å²) in [5.41, 5.74) is 4.43. The first kappa shape index (κ1) is 25.3. The lowest BCUT2D eigenvalue weighted by Gasteiger charge is -2.17. The van der Waals surface area contributed by atoms with Crippen molar-refractivity contribution >= 4 is 5.97 Å². The van der Waals surface area contributed by atoms with Crippen LogP contribution in [0.5, 0.6) is 11.5 Å². The normalized spacial score (nSPS) is 11.8. The van der Waals surface area contributed by atoms with E-state index < -0.39 is 5.97 Å². The minimum absolute atomic E-state index is 0.0883. The first-order valence-corrected chi connectivity index (χ1v) is 11.8. The average Bonchev–Trinajstić information content (AvgIpc) is 2.82. The predicted molar refractivity (Wildman–Crippen MR) is 133 cm³/mol. The number of ether oxygens (including phenoxy) is 2. The number of halogens is 1. The van der Waals surface area contributed by atoms with E-state index in [1.54, 1.807) is 19.2 Å². The van der Waals surface area contributed by atoms with Crippen LogP contribution in [0.4, 0.5) is 4.39 Å². The zero-order valence-corrected chi connectivity index (χ0v) is 20.1. The van der Waals surface area contributed by atoms with Crippen LogP contribution in [0.25, 0.3) is 11.1 Å². The second-order valence-corrected chi connectivity index (χ2v) is 8.77. The minimum atomic E-state index is -0.816. The van der Waals surface area contributed by atoms with E-state index in [2.05, 4.69) is 19.9 Å². The van der Waals surface area contributed by atoms with E-state index in [9.17, 15) is 9.18 Å². The molecule has 0 aliphatic heterocycles. The molecule has 3 aromatic rings. The summed E-state index contributed by atoms with van der Waals surface area (Å²) in [5.74, 6) is 0.710. The molecular weight excluding hydrogens is 431 g/mol. The molecule has 4 nitrogen and oxygen atoms in total. The zero-order valence-electron chi connectivity index (χ0n) is 20.1. The lowest BCUT2D eigenvalue weighted by atomic mass is 9.89. The summed E-state index contributed by atoms with van der Waals surface area (Å²) in [6.45, 7) is 4.77. The van der Waals surface area contributed by atoms with E-state index in [0.717, 1.165) is 41.5 Å². The second kappa shape index (κ2) is 12.2. The Morgan fingerprint density at radius 1 is 1.00 bits per heavy atom. The summed E-state index contributed by atoms with van der Waals surface area (Å²) in [6, 6.07) is 18.4. The molecule has 5 heteroatoms. The van der Waals surface area contributed by atoms with E-state index >= 15 is 0 Å². The largest absolute Gasteiger partial charge is 0.497 e. The van der Waals surface area contributed by atoms with Crippen molar-refractivity contribution in [3.05, 3.63) is 83.2 Å². The molecule has 3 rings (SSSR count). The van der Waals surface area contributed by atoms with Crippen LogP contribution in [0.1, 0.15) is 49.8 Å². The predicted octanol–water partition coefficient (Wildman–Crippen LogP) is 7.08. The fourth-order valence-electron chi connectivity index (χ4n) is 4.19. The highest BCUT2D eigenvalue weighted by atomic mass is 19.1. The Labute approximate surface area is 201 Å². The van der Waals surface area contributed by atoms with E-state index in [0.29, 0.717) is 36.0 Å². The molecule has 0 aliphatic carbocycles. The summed E-state index contributed by atoms with van der Waals surface area (Å²) in [7, 11) is 1.58. The molecule has 0 saturated carbocycles. The number of carbonyl (C=O) groups is 1. The number of rotatable bonds is 12. The van der Waals surface area contributed by atoms with E-state index in [-0.39, 0.29) is 12.2 Å². The second-order valence-electron chi connectivity index (χ2n) is 8.77. The highest BCUT2D eigenvalue weighted by Crippen LogP contribution is 2.32. The van der Waals surface area contributed by atoms with Gasteiger partial charge in [0.15, 0.2) is 0 Å². The molecule has 0 heterocycles. The van der Waals surface area contributed by atoms with Gasteiger partial charge in [-0.15, -0.1) is 0 Å². The first-order valence-electron chi connectivity index (χ1n) is 11.8. The number of aryl methyl sites for hydroxylation is 1. The van der Waals surface area contributed by atoms with Gasteiger partial charge in [0.25, 0.3) is 0 Å². The first-order chi connectivity index (χ1) is 16.4. The zero-order chi connectivity index (χ0) is 24.5. The molecule has 0 amide bonds. The van der Waals surface area contributed by atoms with Crippen molar-refractivity contribution in [3.63, 3.8) is 0 Å². The van der Waals surface area contributed by atoms with Crippen LogP contribution in [0.15, 0.2) is 60.7 Å². The molecule has 3 aromatic carbocycles. The summed E-state index contributed by atoms with van der Waals surface area (Å²) in [4.78, 5) is 10.8. The Bertz CT molecular complexity index is 1110. The van der Waals surface area contributed by atoms with Gasteiger partial charge in [0.2, 0.25) is 0 Å². The van der Waals surface area contributed by atoms with Crippen LogP contribution < -0.4 is 9.47 Å². The van der Waals surface area contributed by atoms with Crippen LogP contribution in [0.3, 0.4) is 0 Å². The molecule has 0 fully saturated rings. The third-order valence-corrected chi connectivity index (χ3v) is 5.91. The van der Waals surface area contributed by atoms with E-state index in [1.165, 1.54) is 6.07 Å². The van der Waals surface area contributed by atoms with Gasteiger partial charge in [-0.2, -0.15) is 0 Å². The molecule has 34 heavy (non-hydrogen) atoms. The Balaban J connectivity index is 1.84. The maximum absolute atomic E-state index is 14.8. The Morgan fingerprint density at radius 3 is 2.56 bits per heavy atom. The molecule has 0 radical (unpaired) electrons. The summed E-state index contributed by atoms with van der Waals surface area (Å²) in [5, 5.41) is 8.91. The summed E-state index contributed by atoms with van der Waals surface area (Å²) >= 11 is 0. The van der Waals surface area contributed by atoms with Gasteiger partial charge in [-0.25, -0.2) is 4.39 Å². The van der Waals surface area contributed by atoms with Crippen LogP contribution in [-0.4, -0.2) is 18.2 Å². The maximum Gasteiger partial charge on any atom is 0.303 e. The number of carboxylic acids is 1. The number of methoxy groups -OCH3 is 1. The molecule has 1 N–H and O–H groups in total. The number of hydrogen-bond donors (Lipinski definition) is 1. The number of hydrogen-bond acceptors (Lipinski definition) is 3. The van der Waals surface area contributed by atoms with Crippen molar-refractivity contribution in [2.45, 2.75) is 52.6 Å². The fraction of sp³-hybridized carbons (Fsp3) is 0.345. The number of carboxylic acid groups (broad SMARTS) is 1. The van der Waals surface area contributed by atoms with Gasteiger partial charge in [-0.05, 0) is 71.3 Å². The van der Waals surface area contributed by atoms with Gasteiger partial charge in [0.1, 0.15) is 23.9 Å². The van der Waals surface area contributed by atoms with E-state index in [4.69, 9.17) is 14.6 Å². The molecule has 0 spiro atoms. The quantitative estimate of drug-likeness (QED) is 0.311. The molecule has 1 unspecified atom stereocenters. The topological polar surface area (TPSA) is 55.8 Å². The van der Waals surface area contributed by atoms with Crippen molar-refractivity contribution < 1.29 is 23.8 Å². The highest BCUT2D eigenvalue weighted by molar-refractivity contribution is 5.70. The molecule has 0 aliphatic rings. The molecule has 180 valence electrons. The van der Waals surface area contributed by atoms with Crippen molar-refractivity contribution in [1.29, 1.82) is 0 Å². The standard InChI is InChI=1S/C29H33FO4/c1-4-6-20(2)15-23-16-22(9-12-26(23)27-18-24(33-3)11-13-28(27)30)19-34-25-8-5-7-21(17-25)10-14-29(31)32/h5,7-9,11-13,16-18,20H,4,6,10,14-15,19H2,1-3H3,(H,31,32). The van der Waals surface area contributed by atoms with Crippen LogP contribution in [0, 0.1) is 11.7 Å². The van der Waals surface area contributed by atoms with Crippen molar-refractivity contribution in [1.82, 2.24) is 0 Å². The Hall–Kier alpha value is -3.34. The highest BCUT2D eigenvalue weighted by Gasteiger charge is 2.15. The molecule has 1 atom stereocenters. The minimum Gasteiger partial charge on any atom is -0.497 e. The van der Waals surface area contributed by atoms with Crippen molar-refractivity contribution in [2.75, 3.05) is 7.11 Å². The van der Waals surface area contributed by atoms with Crippen LogP contribution >= 0.6 is 0 Å². The van der Waals surface area contributed by atoms with Gasteiger partial charge < -0.3 is 14.6 Å². The number of benzene rings is 3. The summed E-state index contributed by atoms with van der Waals surface area (Å²) < 4.78 is 26.1. The lowest BCUT2D eigenvalue weighted by Crippen LogP contribution is -2.04. The average molecular weight is 465 g/mol. The maximum atomic E-state index is 14.8. The van der Waals surface area contributed by atoms with Gasteiger partial charge in [-0.3, -0.25) is 4.79 Å². The van der Waals surface area contributed by atoms with Crippen LogP contribution in [0.2, 0.25) is 0 Å². The monoisotopic (exact) mass is 464 g/mol. The molecule has 0 saturated heterocycles. The van der Waals surface area contributed by atoms with Crippen molar-refractivity contribution in [3.8, 4) is 22.6 Å². The Kier molecular flexibility index (Phi) is 9.08. The van der Waals surface area contributed by atoms with Crippen LogP contribution in [-0.2, 0) is 24.2 Å².